The number of carbonyl (C=O) groups excluding carboxylic acids is 2. The van der Waals surface area contributed by atoms with Crippen molar-refractivity contribution in [1.29, 1.82) is 0 Å². The summed E-state index contributed by atoms with van der Waals surface area (Å²) in [4.78, 5) is 36.1. The van der Waals surface area contributed by atoms with E-state index in [1.54, 1.807) is 6.08 Å². The third kappa shape index (κ3) is 32.8. The summed E-state index contributed by atoms with van der Waals surface area (Å²) in [5.74, 6) is -1.84. The van der Waals surface area contributed by atoms with Gasteiger partial charge in [-0.15, -0.1) is 0 Å². The van der Waals surface area contributed by atoms with E-state index in [4.69, 9.17) is 9.84 Å². The molecule has 0 radical (unpaired) electrons. The predicted octanol–water partition coefficient (Wildman–Crippen LogP) is 12.1. The molecule has 7 nitrogen and oxygen atoms in total. The SMILES string of the molecule is CCCCCCCCCCCCC/C=C/[C@@H](OC(=O)CCC(=O)O)[C@H](CP=O)NC(=O)CCCCCCCCCCCCCCCCC. The first-order valence-electron chi connectivity index (χ1n) is 20.1. The number of aliphatic carboxylic acids is 1. The highest BCUT2D eigenvalue weighted by molar-refractivity contribution is 7.23. The van der Waals surface area contributed by atoms with Crippen molar-refractivity contribution in [2.75, 3.05) is 6.16 Å². The van der Waals surface area contributed by atoms with Gasteiger partial charge in [-0.2, -0.15) is 0 Å². The van der Waals surface area contributed by atoms with Crippen LogP contribution in [-0.2, 0) is 23.7 Å². The van der Waals surface area contributed by atoms with Crippen LogP contribution in [0.15, 0.2) is 12.2 Å². The van der Waals surface area contributed by atoms with Gasteiger partial charge in [0.25, 0.3) is 0 Å². The molecule has 0 heterocycles. The van der Waals surface area contributed by atoms with E-state index in [9.17, 15) is 18.9 Å². The highest BCUT2D eigenvalue weighted by atomic mass is 31.1. The molecule has 0 aliphatic carbocycles. The lowest BCUT2D eigenvalue weighted by atomic mass is 10.0. The van der Waals surface area contributed by atoms with Gasteiger partial charge in [-0.25, -0.2) is 0 Å². The van der Waals surface area contributed by atoms with Gasteiger partial charge in [0.15, 0.2) is 8.46 Å². The highest BCUT2D eigenvalue weighted by Crippen LogP contribution is 2.16. The Balaban J connectivity index is 4.42. The molecule has 0 aromatic rings. The zero-order chi connectivity index (χ0) is 35.3. The molecule has 2 N–H and O–H groups in total. The monoisotopic (exact) mass is 696 g/mol. The normalized spacial score (nSPS) is 12.8. The molecule has 0 unspecified atom stereocenters. The summed E-state index contributed by atoms with van der Waals surface area (Å²) in [6.07, 6.45) is 36.6. The molecule has 0 aromatic heterocycles. The summed E-state index contributed by atoms with van der Waals surface area (Å²) < 4.78 is 17.2. The molecule has 0 fully saturated rings. The molecule has 1 amide bonds. The van der Waals surface area contributed by atoms with Gasteiger partial charge in [-0.3, -0.25) is 18.9 Å². The van der Waals surface area contributed by atoms with Crippen LogP contribution in [0.1, 0.15) is 206 Å². The summed E-state index contributed by atoms with van der Waals surface area (Å²) in [6, 6.07) is -0.629. The van der Waals surface area contributed by atoms with Gasteiger partial charge < -0.3 is 15.2 Å². The summed E-state index contributed by atoms with van der Waals surface area (Å²) in [6.45, 7) is 4.51. The van der Waals surface area contributed by atoms with E-state index in [0.717, 1.165) is 38.5 Å². The third-order valence-electron chi connectivity index (χ3n) is 9.13. The van der Waals surface area contributed by atoms with E-state index in [2.05, 4.69) is 19.2 Å². The van der Waals surface area contributed by atoms with Crippen LogP contribution in [0.2, 0.25) is 0 Å². The van der Waals surface area contributed by atoms with Crippen molar-refractivity contribution in [2.45, 2.75) is 219 Å². The Labute approximate surface area is 296 Å². The van der Waals surface area contributed by atoms with Crippen molar-refractivity contribution >= 4 is 26.3 Å². The fourth-order valence-corrected chi connectivity index (χ4v) is 6.54. The van der Waals surface area contributed by atoms with Crippen molar-refractivity contribution < 1.29 is 28.8 Å². The van der Waals surface area contributed by atoms with Gasteiger partial charge in [0.05, 0.1) is 25.0 Å². The largest absolute Gasteiger partial charge is 0.481 e. The number of allylic oxidation sites excluding steroid dienone is 1. The second-order valence-corrected chi connectivity index (χ2v) is 14.4. The molecular formula is C40H74NO6P. The molecule has 0 rings (SSSR count). The second kappa shape index (κ2) is 36.5. The van der Waals surface area contributed by atoms with Gasteiger partial charge >= 0.3 is 11.9 Å². The van der Waals surface area contributed by atoms with Gasteiger partial charge in [0, 0.05) is 6.42 Å². The van der Waals surface area contributed by atoms with Crippen LogP contribution in [-0.4, -0.2) is 41.3 Å². The minimum Gasteiger partial charge on any atom is -0.481 e. The number of amides is 1. The van der Waals surface area contributed by atoms with Crippen molar-refractivity contribution in [2.24, 2.45) is 0 Å². The first kappa shape index (κ1) is 46.2. The van der Waals surface area contributed by atoms with Gasteiger partial charge in [-0.05, 0) is 25.3 Å². The number of rotatable bonds is 37. The van der Waals surface area contributed by atoms with E-state index in [0.29, 0.717) is 6.42 Å². The quantitative estimate of drug-likeness (QED) is 0.0290. The van der Waals surface area contributed by atoms with Crippen LogP contribution >= 0.6 is 8.46 Å². The van der Waals surface area contributed by atoms with E-state index < -0.39 is 24.1 Å². The van der Waals surface area contributed by atoms with Crippen LogP contribution in [0.25, 0.3) is 0 Å². The summed E-state index contributed by atoms with van der Waals surface area (Å²) in [5, 5.41) is 11.9. The lowest BCUT2D eigenvalue weighted by Crippen LogP contribution is -2.45. The summed E-state index contributed by atoms with van der Waals surface area (Å²) in [7, 11) is -0.151. The number of esters is 1. The molecule has 8 heteroatoms. The first-order valence-corrected chi connectivity index (χ1v) is 21.1. The maximum absolute atomic E-state index is 12.8. The second-order valence-electron chi connectivity index (χ2n) is 13.8. The minimum atomic E-state index is -1.07. The molecule has 0 spiro atoms. The molecule has 280 valence electrons. The van der Waals surface area contributed by atoms with Crippen LogP contribution < -0.4 is 5.32 Å². The molecular weight excluding hydrogens is 621 g/mol. The van der Waals surface area contributed by atoms with Gasteiger partial charge in [0.1, 0.15) is 6.10 Å². The highest BCUT2D eigenvalue weighted by Gasteiger charge is 2.25. The zero-order valence-corrected chi connectivity index (χ0v) is 32.1. The maximum Gasteiger partial charge on any atom is 0.307 e. The smallest absolute Gasteiger partial charge is 0.307 e. The number of carbonyl (C=O) groups is 3. The van der Waals surface area contributed by atoms with Gasteiger partial charge in [0.2, 0.25) is 5.91 Å². The number of hydrogen-bond donors (Lipinski definition) is 2. The van der Waals surface area contributed by atoms with E-state index in [1.165, 1.54) is 135 Å². The Morgan fingerprint density at radius 3 is 1.44 bits per heavy atom. The van der Waals surface area contributed by atoms with Crippen molar-refractivity contribution in [3.8, 4) is 0 Å². The number of nitrogens with one attached hydrogen (secondary N) is 1. The van der Waals surface area contributed by atoms with E-state index in [-0.39, 0.29) is 33.4 Å². The molecule has 0 bridgehead atoms. The standard InChI is InChI=1S/C40H74NO6P/c1-3-5-7-9-11-13-15-17-18-20-22-24-26-28-30-32-38(42)41-36(35-48-46)37(47-40(45)34-33-39(43)44)31-29-27-25-23-21-19-16-14-12-10-8-6-4-2/h29,31,36-37H,3-28,30,32-35H2,1-2H3,(H,41,42)(H,43,44)/b31-29+/t36-,37+/m0/s1. The van der Waals surface area contributed by atoms with Crippen molar-refractivity contribution in [3.05, 3.63) is 12.2 Å². The van der Waals surface area contributed by atoms with Crippen LogP contribution in [0.3, 0.4) is 0 Å². The number of carboxylic acid groups (broad SMARTS) is 1. The number of carboxylic acids is 1. The van der Waals surface area contributed by atoms with E-state index >= 15 is 0 Å². The topological polar surface area (TPSA) is 110 Å². The molecule has 0 aliphatic heterocycles. The zero-order valence-electron chi connectivity index (χ0n) is 31.2. The molecule has 0 aromatic carbocycles. The molecule has 2 atom stereocenters. The number of ether oxygens (including phenoxy) is 1. The number of hydrogen-bond acceptors (Lipinski definition) is 5. The fourth-order valence-electron chi connectivity index (χ4n) is 6.08. The minimum absolute atomic E-state index is 0.115. The fraction of sp³-hybridized carbons (Fsp3) is 0.875. The van der Waals surface area contributed by atoms with Crippen LogP contribution in [0.5, 0.6) is 0 Å². The Hall–Kier alpha value is -1.75. The Kier molecular flexibility index (Phi) is 35.2. The van der Waals surface area contributed by atoms with Crippen molar-refractivity contribution in [3.63, 3.8) is 0 Å². The van der Waals surface area contributed by atoms with Crippen LogP contribution in [0, 0.1) is 0 Å². The molecule has 0 aliphatic rings. The summed E-state index contributed by atoms with van der Waals surface area (Å²) >= 11 is 0. The lowest BCUT2D eigenvalue weighted by Gasteiger charge is -2.24. The lowest BCUT2D eigenvalue weighted by molar-refractivity contribution is -0.151. The van der Waals surface area contributed by atoms with Crippen LogP contribution in [0.4, 0.5) is 0 Å². The maximum atomic E-state index is 12.8. The molecule has 0 saturated heterocycles. The Morgan fingerprint density at radius 1 is 0.604 bits per heavy atom. The van der Waals surface area contributed by atoms with E-state index in [1.807, 2.05) is 6.08 Å². The Morgan fingerprint density at radius 2 is 1.02 bits per heavy atom. The van der Waals surface area contributed by atoms with Gasteiger partial charge in [-0.1, -0.05) is 174 Å². The number of unbranched alkanes of at least 4 members (excludes halogenated alkanes) is 25. The molecule has 48 heavy (non-hydrogen) atoms. The third-order valence-corrected chi connectivity index (χ3v) is 9.67. The van der Waals surface area contributed by atoms with Crippen molar-refractivity contribution in [1.82, 2.24) is 5.32 Å². The average molecular weight is 696 g/mol. The summed E-state index contributed by atoms with van der Waals surface area (Å²) in [5.41, 5.74) is 0. The Bertz CT molecular complexity index is 805. The predicted molar refractivity (Wildman–Crippen MR) is 201 cm³/mol. The molecule has 0 saturated carbocycles. The average Bonchev–Trinajstić information content (AvgIpc) is 3.07. The first-order chi connectivity index (χ1) is 23.4.